The maximum atomic E-state index is 12.4. The normalized spacial score (nSPS) is 25.4. The highest BCUT2D eigenvalue weighted by atomic mass is 16.2. The van der Waals surface area contributed by atoms with Gasteiger partial charge in [-0.3, -0.25) is 4.79 Å². The van der Waals surface area contributed by atoms with Crippen LogP contribution in [0.15, 0.2) is 0 Å². The van der Waals surface area contributed by atoms with Crippen LogP contribution in [0.3, 0.4) is 0 Å². The molecular formula is C14H26N2O. The maximum absolute atomic E-state index is 12.4. The highest BCUT2D eigenvalue weighted by molar-refractivity contribution is 5.79. The molecule has 2 fully saturated rings. The molecule has 2 rings (SSSR count). The molecule has 1 atom stereocenters. The summed E-state index contributed by atoms with van der Waals surface area (Å²) in [5, 5.41) is 3.50. The van der Waals surface area contributed by atoms with Crippen molar-refractivity contribution in [2.24, 2.45) is 5.92 Å². The Labute approximate surface area is 105 Å². The summed E-state index contributed by atoms with van der Waals surface area (Å²) in [6.07, 6.45) is 8.32. The molecule has 1 saturated carbocycles. The van der Waals surface area contributed by atoms with Gasteiger partial charge < -0.3 is 10.2 Å². The molecule has 98 valence electrons. The lowest BCUT2D eigenvalue weighted by atomic mass is 10.1. The molecule has 0 aromatic heterocycles. The van der Waals surface area contributed by atoms with Gasteiger partial charge in [0.1, 0.15) is 0 Å². The average Bonchev–Trinajstić information content (AvgIpc) is 3.00. The highest BCUT2D eigenvalue weighted by Crippen LogP contribution is 2.27. The Morgan fingerprint density at radius 1 is 1.24 bits per heavy atom. The predicted molar refractivity (Wildman–Crippen MR) is 69.9 cm³/mol. The van der Waals surface area contributed by atoms with E-state index in [1.807, 2.05) is 0 Å². The largest absolute Gasteiger partial charge is 0.341 e. The topological polar surface area (TPSA) is 32.3 Å². The Kier molecular flexibility index (Phi) is 4.84. The van der Waals surface area contributed by atoms with Crippen LogP contribution in [0.4, 0.5) is 0 Å². The molecule has 0 aromatic rings. The molecule has 0 spiro atoms. The van der Waals surface area contributed by atoms with Crippen LogP contribution in [0, 0.1) is 5.92 Å². The molecule has 0 bridgehead atoms. The average molecular weight is 238 g/mol. The van der Waals surface area contributed by atoms with Crippen molar-refractivity contribution >= 4 is 5.91 Å². The summed E-state index contributed by atoms with van der Waals surface area (Å²) in [5.74, 6) is 0.765. The lowest BCUT2D eigenvalue weighted by Crippen LogP contribution is -2.43. The molecule has 0 aromatic carbocycles. The monoisotopic (exact) mass is 238 g/mol. The van der Waals surface area contributed by atoms with Gasteiger partial charge in [0.05, 0.1) is 0 Å². The van der Waals surface area contributed by atoms with Crippen LogP contribution in [-0.4, -0.2) is 36.5 Å². The third kappa shape index (κ3) is 3.44. The van der Waals surface area contributed by atoms with Crippen LogP contribution in [0.1, 0.15) is 51.9 Å². The molecule has 3 nitrogen and oxygen atoms in total. The first-order valence-corrected chi connectivity index (χ1v) is 7.33. The van der Waals surface area contributed by atoms with Crippen molar-refractivity contribution in [2.45, 2.75) is 57.9 Å². The lowest BCUT2D eigenvalue weighted by Gasteiger charge is -2.28. The summed E-state index contributed by atoms with van der Waals surface area (Å²) in [7, 11) is 0. The number of carbonyl (C=O) groups excluding carboxylic acids is 1. The van der Waals surface area contributed by atoms with E-state index in [1.54, 1.807) is 0 Å². The second-order valence-corrected chi connectivity index (χ2v) is 5.56. The van der Waals surface area contributed by atoms with E-state index in [0.717, 1.165) is 38.9 Å². The summed E-state index contributed by atoms with van der Waals surface area (Å²) in [6, 6.07) is 0.548. The van der Waals surface area contributed by atoms with E-state index in [1.165, 1.54) is 25.7 Å². The third-order valence-corrected chi connectivity index (χ3v) is 4.11. The van der Waals surface area contributed by atoms with Crippen molar-refractivity contribution in [1.29, 1.82) is 0 Å². The fourth-order valence-electron chi connectivity index (χ4n) is 3.17. The predicted octanol–water partition coefficient (Wildman–Crippen LogP) is 2.17. The first-order valence-electron chi connectivity index (χ1n) is 7.33. The van der Waals surface area contributed by atoms with Gasteiger partial charge in [0, 0.05) is 25.0 Å². The van der Waals surface area contributed by atoms with Crippen molar-refractivity contribution in [3.8, 4) is 0 Å². The molecule has 0 radical (unpaired) electrons. The SMILES string of the molecule is CCCN(CC1CCCN1)C(=O)C1CCCC1. The van der Waals surface area contributed by atoms with E-state index in [-0.39, 0.29) is 0 Å². The van der Waals surface area contributed by atoms with Crippen molar-refractivity contribution in [3.63, 3.8) is 0 Å². The van der Waals surface area contributed by atoms with Gasteiger partial charge in [0.15, 0.2) is 0 Å². The maximum Gasteiger partial charge on any atom is 0.225 e. The van der Waals surface area contributed by atoms with Crippen molar-refractivity contribution < 1.29 is 4.79 Å². The summed E-state index contributed by atoms with van der Waals surface area (Å²) >= 11 is 0. The van der Waals surface area contributed by atoms with Crippen molar-refractivity contribution in [1.82, 2.24) is 10.2 Å². The Morgan fingerprint density at radius 3 is 2.59 bits per heavy atom. The number of hydrogen-bond acceptors (Lipinski definition) is 2. The van der Waals surface area contributed by atoms with Gasteiger partial charge in [-0.2, -0.15) is 0 Å². The van der Waals surface area contributed by atoms with E-state index < -0.39 is 0 Å². The fraction of sp³-hybridized carbons (Fsp3) is 0.929. The van der Waals surface area contributed by atoms with Crippen LogP contribution in [0.5, 0.6) is 0 Å². The molecule has 2 aliphatic rings. The van der Waals surface area contributed by atoms with Gasteiger partial charge in [0.2, 0.25) is 5.91 Å². The Hall–Kier alpha value is -0.570. The second kappa shape index (κ2) is 6.39. The lowest BCUT2D eigenvalue weighted by molar-refractivity contribution is -0.135. The van der Waals surface area contributed by atoms with E-state index in [9.17, 15) is 4.79 Å². The standard InChI is InChI=1S/C14H26N2O/c1-2-10-16(11-13-8-5-9-15-13)14(17)12-6-3-4-7-12/h12-13,15H,2-11H2,1H3. The molecule has 17 heavy (non-hydrogen) atoms. The molecule has 1 N–H and O–H groups in total. The van der Waals surface area contributed by atoms with Gasteiger partial charge in [-0.25, -0.2) is 0 Å². The van der Waals surface area contributed by atoms with Crippen molar-refractivity contribution in [2.75, 3.05) is 19.6 Å². The quantitative estimate of drug-likeness (QED) is 0.796. The number of rotatable bonds is 5. The van der Waals surface area contributed by atoms with Crippen molar-refractivity contribution in [3.05, 3.63) is 0 Å². The smallest absolute Gasteiger partial charge is 0.225 e. The minimum atomic E-state index is 0.336. The van der Waals surface area contributed by atoms with E-state index in [4.69, 9.17) is 0 Å². The fourth-order valence-corrected chi connectivity index (χ4v) is 3.17. The third-order valence-electron chi connectivity index (χ3n) is 4.11. The second-order valence-electron chi connectivity index (χ2n) is 5.56. The van der Waals surface area contributed by atoms with E-state index in [2.05, 4.69) is 17.1 Å². The van der Waals surface area contributed by atoms with Crippen LogP contribution in [0.2, 0.25) is 0 Å². The number of amides is 1. The van der Waals surface area contributed by atoms with E-state index >= 15 is 0 Å². The molecule has 1 saturated heterocycles. The minimum Gasteiger partial charge on any atom is -0.341 e. The number of nitrogens with one attached hydrogen (secondary N) is 1. The zero-order valence-corrected chi connectivity index (χ0v) is 11.1. The minimum absolute atomic E-state index is 0.336. The Bertz CT molecular complexity index is 243. The Balaban J connectivity index is 1.87. The van der Waals surface area contributed by atoms with Gasteiger partial charge in [0.25, 0.3) is 0 Å². The zero-order chi connectivity index (χ0) is 12.1. The van der Waals surface area contributed by atoms with E-state index in [0.29, 0.717) is 17.9 Å². The number of carbonyl (C=O) groups is 1. The molecule has 1 heterocycles. The first kappa shape index (κ1) is 12.9. The molecule has 1 aliphatic heterocycles. The summed E-state index contributed by atoms with van der Waals surface area (Å²) < 4.78 is 0. The summed E-state index contributed by atoms with van der Waals surface area (Å²) in [4.78, 5) is 14.5. The van der Waals surface area contributed by atoms with Gasteiger partial charge in [-0.15, -0.1) is 0 Å². The molecular weight excluding hydrogens is 212 g/mol. The molecule has 1 aliphatic carbocycles. The summed E-state index contributed by atoms with van der Waals surface area (Å²) in [6.45, 7) is 5.16. The van der Waals surface area contributed by atoms with Gasteiger partial charge >= 0.3 is 0 Å². The number of nitrogens with zero attached hydrogens (tertiary/aromatic N) is 1. The molecule has 1 amide bonds. The number of hydrogen-bond donors (Lipinski definition) is 1. The van der Waals surface area contributed by atoms with Gasteiger partial charge in [-0.05, 0) is 38.6 Å². The van der Waals surface area contributed by atoms with Gasteiger partial charge in [-0.1, -0.05) is 19.8 Å². The highest BCUT2D eigenvalue weighted by Gasteiger charge is 2.28. The zero-order valence-electron chi connectivity index (χ0n) is 11.1. The van der Waals surface area contributed by atoms with Crippen LogP contribution < -0.4 is 5.32 Å². The first-order chi connectivity index (χ1) is 8.31. The Morgan fingerprint density at radius 2 is 2.00 bits per heavy atom. The molecule has 1 unspecified atom stereocenters. The van der Waals surface area contributed by atoms with Crippen LogP contribution in [-0.2, 0) is 4.79 Å². The van der Waals surface area contributed by atoms with Crippen LogP contribution >= 0.6 is 0 Å². The summed E-state index contributed by atoms with van der Waals surface area (Å²) in [5.41, 5.74) is 0. The van der Waals surface area contributed by atoms with Crippen LogP contribution in [0.25, 0.3) is 0 Å². The molecule has 3 heteroatoms.